The number of ether oxygens (including phenoxy) is 1. The maximum Gasteiger partial charge on any atom is 0.306 e. The molecule has 0 saturated carbocycles. The van der Waals surface area contributed by atoms with E-state index in [1.54, 1.807) is 0 Å². The zero-order valence-corrected chi connectivity index (χ0v) is 9.32. The van der Waals surface area contributed by atoms with Crippen LogP contribution in [-0.2, 0) is 16.0 Å². The molecule has 84 valence electrons. The molecule has 4 heteroatoms. The number of fused-ring (bicyclic) bond motifs is 1. The van der Waals surface area contributed by atoms with Gasteiger partial charge in [0.15, 0.2) is 11.5 Å². The smallest absolute Gasteiger partial charge is 0.306 e. The van der Waals surface area contributed by atoms with Crippen LogP contribution in [0.4, 0.5) is 0 Å². The quantitative estimate of drug-likeness (QED) is 0.743. The number of esters is 1. The molecule has 2 aromatic rings. The number of benzene rings is 1. The molecule has 0 radical (unpaired) electrons. The van der Waals surface area contributed by atoms with E-state index in [1.165, 1.54) is 7.11 Å². The normalized spacial score (nSPS) is 10.6. The van der Waals surface area contributed by atoms with Crippen molar-refractivity contribution in [3.8, 4) is 0 Å². The lowest BCUT2D eigenvalue weighted by molar-refractivity contribution is -0.140. The highest BCUT2D eigenvalue weighted by atomic mass is 16.5. The summed E-state index contributed by atoms with van der Waals surface area (Å²) < 4.78 is 10.1. The first-order valence-corrected chi connectivity index (χ1v) is 5.12. The number of aromatic nitrogens is 1. The van der Waals surface area contributed by atoms with Crippen molar-refractivity contribution in [3.05, 3.63) is 29.7 Å². The number of carbonyl (C=O) groups excluding carboxylic acids is 1. The molecule has 0 bridgehead atoms. The summed E-state index contributed by atoms with van der Waals surface area (Å²) in [6.07, 6.45) is 0.767. The van der Waals surface area contributed by atoms with Crippen molar-refractivity contribution in [1.29, 1.82) is 0 Å². The van der Waals surface area contributed by atoms with Crippen LogP contribution in [0.25, 0.3) is 11.1 Å². The maximum atomic E-state index is 11.0. The number of methoxy groups -OCH3 is 1. The predicted octanol–water partition coefficient (Wildman–Crippen LogP) is 2.24. The van der Waals surface area contributed by atoms with Crippen LogP contribution in [0.5, 0.6) is 0 Å². The zero-order chi connectivity index (χ0) is 11.5. The Morgan fingerprint density at radius 1 is 1.50 bits per heavy atom. The molecular formula is C12H13NO3. The summed E-state index contributed by atoms with van der Waals surface area (Å²) in [6, 6.07) is 5.83. The number of hydrogen-bond donors (Lipinski definition) is 0. The van der Waals surface area contributed by atoms with Crippen LogP contribution < -0.4 is 0 Å². The minimum Gasteiger partial charge on any atom is -0.469 e. The molecule has 0 aliphatic rings. The molecular weight excluding hydrogens is 206 g/mol. The Morgan fingerprint density at radius 3 is 3.06 bits per heavy atom. The van der Waals surface area contributed by atoms with Crippen LogP contribution in [-0.4, -0.2) is 18.1 Å². The van der Waals surface area contributed by atoms with Crippen LogP contribution in [0.3, 0.4) is 0 Å². The van der Waals surface area contributed by atoms with Gasteiger partial charge in [-0.25, -0.2) is 4.98 Å². The molecule has 0 aliphatic heterocycles. The van der Waals surface area contributed by atoms with Gasteiger partial charge >= 0.3 is 5.97 Å². The Kier molecular flexibility index (Phi) is 2.90. The molecule has 0 spiro atoms. The Bertz CT molecular complexity index is 516. The van der Waals surface area contributed by atoms with Crippen molar-refractivity contribution in [2.24, 2.45) is 0 Å². The fourth-order valence-corrected chi connectivity index (χ4v) is 1.50. The topological polar surface area (TPSA) is 52.3 Å². The van der Waals surface area contributed by atoms with Gasteiger partial charge in [-0.2, -0.15) is 0 Å². The van der Waals surface area contributed by atoms with Gasteiger partial charge in [0.2, 0.25) is 0 Å². The van der Waals surface area contributed by atoms with Crippen molar-refractivity contribution in [1.82, 2.24) is 4.98 Å². The standard InChI is InChI=1S/C12H13NO3/c1-8-3-4-9-10(7-8)16-11(13-9)5-6-12(14)15-2/h3-4,7H,5-6H2,1-2H3. The first-order valence-electron chi connectivity index (χ1n) is 5.12. The lowest BCUT2D eigenvalue weighted by atomic mass is 10.2. The highest BCUT2D eigenvalue weighted by Crippen LogP contribution is 2.17. The van der Waals surface area contributed by atoms with Crippen molar-refractivity contribution < 1.29 is 13.9 Å². The molecule has 0 atom stereocenters. The monoisotopic (exact) mass is 219 g/mol. The summed E-state index contributed by atoms with van der Waals surface area (Å²) in [5, 5.41) is 0. The first-order chi connectivity index (χ1) is 7.69. The van der Waals surface area contributed by atoms with Gasteiger partial charge in [0.1, 0.15) is 5.52 Å². The Hall–Kier alpha value is -1.84. The van der Waals surface area contributed by atoms with Gasteiger partial charge in [0.05, 0.1) is 13.5 Å². The van der Waals surface area contributed by atoms with E-state index in [4.69, 9.17) is 4.42 Å². The van der Waals surface area contributed by atoms with Crippen molar-refractivity contribution in [2.75, 3.05) is 7.11 Å². The number of rotatable bonds is 3. The van der Waals surface area contributed by atoms with Gasteiger partial charge in [-0.3, -0.25) is 4.79 Å². The van der Waals surface area contributed by atoms with Crippen molar-refractivity contribution >= 4 is 17.1 Å². The van der Waals surface area contributed by atoms with E-state index in [-0.39, 0.29) is 5.97 Å². The second-order valence-corrected chi connectivity index (χ2v) is 3.65. The third kappa shape index (κ3) is 2.21. The van der Waals surface area contributed by atoms with E-state index in [2.05, 4.69) is 9.72 Å². The lowest BCUT2D eigenvalue weighted by Crippen LogP contribution is -2.01. The molecule has 0 saturated heterocycles. The number of nitrogens with zero attached hydrogens (tertiary/aromatic N) is 1. The zero-order valence-electron chi connectivity index (χ0n) is 9.32. The molecule has 0 unspecified atom stereocenters. The van der Waals surface area contributed by atoms with Crippen LogP contribution >= 0.6 is 0 Å². The van der Waals surface area contributed by atoms with E-state index in [1.807, 2.05) is 25.1 Å². The number of carbonyl (C=O) groups is 1. The van der Waals surface area contributed by atoms with Gasteiger partial charge in [-0.1, -0.05) is 6.07 Å². The second-order valence-electron chi connectivity index (χ2n) is 3.65. The van der Waals surface area contributed by atoms with Crippen molar-refractivity contribution in [3.63, 3.8) is 0 Å². The number of aryl methyl sites for hydroxylation is 2. The summed E-state index contributed by atoms with van der Waals surface area (Å²) >= 11 is 0. The van der Waals surface area contributed by atoms with Gasteiger partial charge in [-0.05, 0) is 24.6 Å². The number of hydrogen-bond acceptors (Lipinski definition) is 4. The maximum absolute atomic E-state index is 11.0. The van der Waals surface area contributed by atoms with E-state index in [0.29, 0.717) is 18.7 Å². The average Bonchev–Trinajstić information content (AvgIpc) is 2.67. The minimum absolute atomic E-state index is 0.251. The summed E-state index contributed by atoms with van der Waals surface area (Å²) in [6.45, 7) is 2.00. The molecule has 1 aromatic heterocycles. The van der Waals surface area contributed by atoms with Gasteiger partial charge in [0.25, 0.3) is 0 Å². The summed E-state index contributed by atoms with van der Waals surface area (Å²) in [4.78, 5) is 15.2. The first kappa shape index (κ1) is 10.7. The average molecular weight is 219 g/mol. The third-order valence-electron chi connectivity index (χ3n) is 2.36. The predicted molar refractivity (Wildman–Crippen MR) is 59.1 cm³/mol. The molecule has 1 aromatic carbocycles. The molecule has 16 heavy (non-hydrogen) atoms. The van der Waals surface area contributed by atoms with Crippen LogP contribution in [0.15, 0.2) is 22.6 Å². The molecule has 0 N–H and O–H groups in total. The Balaban J connectivity index is 2.16. The van der Waals surface area contributed by atoms with E-state index < -0.39 is 0 Å². The highest BCUT2D eigenvalue weighted by Gasteiger charge is 2.08. The summed E-state index contributed by atoms with van der Waals surface area (Å²) in [7, 11) is 1.37. The SMILES string of the molecule is COC(=O)CCc1nc2ccc(C)cc2o1. The summed E-state index contributed by atoms with van der Waals surface area (Å²) in [5.74, 6) is 0.324. The number of oxazole rings is 1. The molecule has 2 rings (SSSR count). The summed E-state index contributed by atoms with van der Waals surface area (Å²) in [5.41, 5.74) is 2.72. The van der Waals surface area contributed by atoms with Crippen molar-refractivity contribution in [2.45, 2.75) is 19.8 Å². The second kappa shape index (κ2) is 4.35. The Morgan fingerprint density at radius 2 is 2.31 bits per heavy atom. The molecule has 1 heterocycles. The van der Waals surface area contributed by atoms with Crippen LogP contribution in [0.1, 0.15) is 17.9 Å². The molecule has 4 nitrogen and oxygen atoms in total. The highest BCUT2D eigenvalue weighted by molar-refractivity contribution is 5.73. The van der Waals surface area contributed by atoms with Gasteiger partial charge < -0.3 is 9.15 Å². The largest absolute Gasteiger partial charge is 0.469 e. The molecule has 0 fully saturated rings. The third-order valence-corrected chi connectivity index (χ3v) is 2.36. The van der Waals surface area contributed by atoms with Crippen LogP contribution in [0.2, 0.25) is 0 Å². The fourth-order valence-electron chi connectivity index (χ4n) is 1.50. The molecule has 0 amide bonds. The lowest BCUT2D eigenvalue weighted by Gasteiger charge is -1.94. The van der Waals surface area contributed by atoms with E-state index in [9.17, 15) is 4.79 Å². The van der Waals surface area contributed by atoms with Gasteiger partial charge in [-0.15, -0.1) is 0 Å². The van der Waals surface area contributed by atoms with Crippen LogP contribution in [0, 0.1) is 6.92 Å². The van der Waals surface area contributed by atoms with E-state index in [0.717, 1.165) is 16.7 Å². The van der Waals surface area contributed by atoms with E-state index >= 15 is 0 Å². The molecule has 0 aliphatic carbocycles. The Labute approximate surface area is 93.2 Å². The fraction of sp³-hybridized carbons (Fsp3) is 0.333. The minimum atomic E-state index is -0.251. The van der Waals surface area contributed by atoms with Gasteiger partial charge in [0, 0.05) is 6.42 Å².